The lowest BCUT2D eigenvalue weighted by atomic mass is 9.92. The van der Waals surface area contributed by atoms with E-state index in [4.69, 9.17) is 9.59 Å². The van der Waals surface area contributed by atoms with Crippen molar-refractivity contribution in [3.8, 4) is 0 Å². The largest absolute Gasteiger partial charge is 0.534 e. The molecular weight excluding hydrogens is 296 g/mol. The smallest absolute Gasteiger partial charge is 0.381 e. The summed E-state index contributed by atoms with van der Waals surface area (Å²) in [6.45, 7) is 1.29. The molecule has 110 valence electrons. The maximum absolute atomic E-state index is 13.2. The summed E-state index contributed by atoms with van der Waals surface area (Å²) in [5.41, 5.74) is -6.97. The highest BCUT2D eigenvalue weighted by Gasteiger charge is 2.49. The summed E-state index contributed by atoms with van der Waals surface area (Å²) in [5, 5.41) is 0. The molecule has 1 rings (SSSR count). The van der Waals surface area contributed by atoms with E-state index in [1.807, 2.05) is 0 Å². The number of hydrogen-bond donors (Lipinski definition) is 0. The molecule has 0 radical (unpaired) electrons. The number of rotatable bonds is 2. The van der Waals surface area contributed by atoms with Gasteiger partial charge in [0.05, 0.1) is 0 Å². The number of hydrogen-bond acceptors (Lipinski definition) is 5. The number of allylic oxidation sites excluding steroid dienone is 2. The predicted molar refractivity (Wildman–Crippen MR) is 52.5 cm³/mol. The van der Waals surface area contributed by atoms with Crippen LogP contribution >= 0.6 is 0 Å². The van der Waals surface area contributed by atoms with E-state index in [2.05, 4.69) is 4.18 Å². The summed E-state index contributed by atoms with van der Waals surface area (Å²) in [5.74, 6) is -0.354. The zero-order valence-electron chi connectivity index (χ0n) is 9.66. The Bertz CT molecular complexity index is 471. The SMILES string of the molecule is CC1(F)CC=C(OS(=O)(=O)C(F)(F)F)CC1.O=C=O. The highest BCUT2D eigenvalue weighted by atomic mass is 32.2. The highest BCUT2D eigenvalue weighted by Crippen LogP contribution is 2.34. The van der Waals surface area contributed by atoms with E-state index in [1.165, 1.54) is 6.92 Å². The number of carbonyl (C=O) groups excluding carboxylic acids is 2. The Morgan fingerprint density at radius 1 is 1.37 bits per heavy atom. The van der Waals surface area contributed by atoms with E-state index in [9.17, 15) is 26.0 Å². The van der Waals surface area contributed by atoms with Crippen LogP contribution in [0.3, 0.4) is 0 Å². The van der Waals surface area contributed by atoms with Crippen LogP contribution in [-0.4, -0.2) is 25.7 Å². The van der Waals surface area contributed by atoms with Gasteiger partial charge < -0.3 is 4.18 Å². The molecule has 0 bridgehead atoms. The average molecular weight is 306 g/mol. The molecule has 0 N–H and O–H groups in total. The van der Waals surface area contributed by atoms with E-state index < -0.39 is 21.3 Å². The van der Waals surface area contributed by atoms with Crippen molar-refractivity contribution >= 4 is 16.3 Å². The molecule has 10 heteroatoms. The first-order valence-electron chi connectivity index (χ1n) is 4.83. The van der Waals surface area contributed by atoms with Gasteiger partial charge in [0.15, 0.2) is 0 Å². The molecule has 5 nitrogen and oxygen atoms in total. The topological polar surface area (TPSA) is 77.5 Å². The first-order chi connectivity index (χ1) is 8.45. The van der Waals surface area contributed by atoms with Crippen molar-refractivity contribution in [1.82, 2.24) is 0 Å². The van der Waals surface area contributed by atoms with Crippen molar-refractivity contribution < 1.29 is 39.8 Å². The Hall–Kier alpha value is -1.41. The van der Waals surface area contributed by atoms with Crippen molar-refractivity contribution in [3.63, 3.8) is 0 Å². The third-order valence-corrected chi connectivity index (χ3v) is 3.15. The Kier molecular flexibility index (Phi) is 5.70. The lowest BCUT2D eigenvalue weighted by Crippen LogP contribution is -2.27. The van der Waals surface area contributed by atoms with Crippen LogP contribution in [0.2, 0.25) is 0 Å². The Balaban J connectivity index is 0.000000982. The van der Waals surface area contributed by atoms with Crippen LogP contribution < -0.4 is 0 Å². The van der Waals surface area contributed by atoms with Crippen molar-refractivity contribution in [3.05, 3.63) is 11.8 Å². The quantitative estimate of drug-likeness (QED) is 0.443. The fourth-order valence-corrected chi connectivity index (χ4v) is 1.71. The minimum Gasteiger partial charge on any atom is -0.381 e. The second kappa shape index (κ2) is 6.16. The molecule has 1 unspecified atom stereocenters. The molecule has 0 heterocycles. The third-order valence-electron chi connectivity index (χ3n) is 2.15. The van der Waals surface area contributed by atoms with Crippen molar-refractivity contribution in [2.75, 3.05) is 0 Å². The molecule has 0 fully saturated rings. The molecule has 0 saturated carbocycles. The summed E-state index contributed by atoms with van der Waals surface area (Å²) in [6.07, 6.45) is 0.900. The fraction of sp³-hybridized carbons (Fsp3) is 0.667. The monoisotopic (exact) mass is 306 g/mol. The van der Waals surface area contributed by atoms with Crippen LogP contribution in [-0.2, 0) is 23.9 Å². The molecular formula is C9H10F4O5S. The summed E-state index contributed by atoms with van der Waals surface area (Å²) in [6, 6.07) is 0. The summed E-state index contributed by atoms with van der Waals surface area (Å²) in [4.78, 5) is 16.2. The number of alkyl halides is 4. The second-order valence-electron chi connectivity index (χ2n) is 3.85. The zero-order chi connectivity index (χ0) is 15.3. The maximum Gasteiger partial charge on any atom is 0.534 e. The molecule has 1 aliphatic rings. The summed E-state index contributed by atoms with van der Waals surface area (Å²) < 4.78 is 74.1. The van der Waals surface area contributed by atoms with E-state index >= 15 is 0 Å². The average Bonchev–Trinajstić information content (AvgIpc) is 2.20. The minimum atomic E-state index is -5.63. The van der Waals surface area contributed by atoms with Crippen LogP contribution in [0.1, 0.15) is 26.2 Å². The molecule has 0 aliphatic heterocycles. The lowest BCUT2D eigenvalue weighted by molar-refractivity contribution is -0.191. The van der Waals surface area contributed by atoms with Crippen LogP contribution in [0.5, 0.6) is 0 Å². The van der Waals surface area contributed by atoms with Gasteiger partial charge in [0.25, 0.3) is 0 Å². The van der Waals surface area contributed by atoms with Gasteiger partial charge in [0.2, 0.25) is 0 Å². The van der Waals surface area contributed by atoms with E-state index in [1.54, 1.807) is 0 Å². The first kappa shape index (κ1) is 17.6. The molecule has 0 spiro atoms. The lowest BCUT2D eigenvalue weighted by Gasteiger charge is -2.24. The van der Waals surface area contributed by atoms with Crippen LogP contribution in [0.15, 0.2) is 11.8 Å². The van der Waals surface area contributed by atoms with E-state index in [-0.39, 0.29) is 31.2 Å². The molecule has 1 aliphatic carbocycles. The zero-order valence-corrected chi connectivity index (χ0v) is 10.5. The van der Waals surface area contributed by atoms with Gasteiger partial charge in [-0.05, 0) is 19.4 Å². The van der Waals surface area contributed by atoms with Crippen LogP contribution in [0, 0.1) is 0 Å². The number of halogens is 4. The van der Waals surface area contributed by atoms with Crippen molar-refractivity contribution in [2.45, 2.75) is 37.4 Å². The van der Waals surface area contributed by atoms with Gasteiger partial charge in [-0.3, -0.25) is 0 Å². The standard InChI is InChI=1S/C8H10F4O3S.CO2/c1-7(9)4-2-6(3-5-7)15-16(13,14)8(10,11)12;2-1-3/h2H,3-5H2,1H3;. The van der Waals surface area contributed by atoms with Crippen molar-refractivity contribution in [1.29, 1.82) is 0 Å². The third kappa shape index (κ3) is 5.84. The summed E-state index contributed by atoms with van der Waals surface area (Å²) in [7, 11) is -5.63. The second-order valence-corrected chi connectivity index (χ2v) is 5.39. The van der Waals surface area contributed by atoms with Gasteiger partial charge in [0.1, 0.15) is 11.4 Å². The highest BCUT2D eigenvalue weighted by molar-refractivity contribution is 7.87. The normalized spacial score (nSPS) is 23.5. The first-order valence-corrected chi connectivity index (χ1v) is 6.24. The Labute approximate surface area is 106 Å². The molecule has 0 aromatic heterocycles. The van der Waals surface area contributed by atoms with Gasteiger partial charge in [-0.1, -0.05) is 0 Å². The molecule has 0 aromatic carbocycles. The fourth-order valence-electron chi connectivity index (χ4n) is 1.18. The molecule has 0 aromatic rings. The van der Waals surface area contributed by atoms with Crippen LogP contribution in [0.4, 0.5) is 17.6 Å². The van der Waals surface area contributed by atoms with Gasteiger partial charge in [0, 0.05) is 12.8 Å². The van der Waals surface area contributed by atoms with Gasteiger partial charge in [-0.15, -0.1) is 0 Å². The molecule has 0 saturated heterocycles. The Morgan fingerprint density at radius 3 is 2.16 bits per heavy atom. The van der Waals surface area contributed by atoms with E-state index in [0.29, 0.717) is 0 Å². The maximum atomic E-state index is 13.2. The van der Waals surface area contributed by atoms with Gasteiger partial charge in [-0.2, -0.15) is 31.2 Å². The predicted octanol–water partition coefficient (Wildman–Crippen LogP) is 2.07. The van der Waals surface area contributed by atoms with Gasteiger partial charge in [-0.25, -0.2) is 4.39 Å². The molecule has 1 atom stereocenters. The van der Waals surface area contributed by atoms with Crippen LogP contribution in [0.25, 0.3) is 0 Å². The summed E-state index contributed by atoms with van der Waals surface area (Å²) >= 11 is 0. The Morgan fingerprint density at radius 2 is 1.84 bits per heavy atom. The van der Waals surface area contributed by atoms with Crippen molar-refractivity contribution in [2.24, 2.45) is 0 Å². The van der Waals surface area contributed by atoms with E-state index in [0.717, 1.165) is 6.08 Å². The molecule has 19 heavy (non-hydrogen) atoms. The minimum absolute atomic E-state index is 0.0633. The molecule has 0 amide bonds. The van der Waals surface area contributed by atoms with Gasteiger partial charge >= 0.3 is 21.8 Å².